The molecule has 0 bridgehead atoms. The van der Waals surface area contributed by atoms with Gasteiger partial charge in [0.05, 0.1) is 6.21 Å². The molecule has 0 unspecified atom stereocenters. The van der Waals surface area contributed by atoms with Gasteiger partial charge in [0.15, 0.2) is 0 Å². The van der Waals surface area contributed by atoms with Crippen LogP contribution in [0.1, 0.15) is 11.1 Å². The number of rotatable bonds is 4. The van der Waals surface area contributed by atoms with E-state index in [-0.39, 0.29) is 0 Å². The summed E-state index contributed by atoms with van der Waals surface area (Å²) >= 11 is 0. The molecule has 2 aromatic rings. The molecule has 4 heteroatoms. The van der Waals surface area contributed by atoms with Crippen molar-refractivity contribution in [2.24, 2.45) is 5.16 Å². The van der Waals surface area contributed by atoms with Crippen LogP contribution in [-0.2, 0) is 6.61 Å². The molecule has 0 saturated carbocycles. The van der Waals surface area contributed by atoms with Gasteiger partial charge in [-0.15, -0.1) is 0 Å². The zero-order valence-electron chi connectivity index (χ0n) is 9.15. The molecule has 1 heterocycles. The van der Waals surface area contributed by atoms with Gasteiger partial charge < -0.3 is 9.94 Å². The van der Waals surface area contributed by atoms with Crippen molar-refractivity contribution in [3.63, 3.8) is 0 Å². The van der Waals surface area contributed by atoms with Crippen molar-refractivity contribution in [3.05, 3.63) is 59.9 Å². The highest BCUT2D eigenvalue weighted by Crippen LogP contribution is 2.13. The predicted molar refractivity (Wildman–Crippen MR) is 64.4 cm³/mol. The average molecular weight is 228 g/mol. The molecule has 0 spiro atoms. The normalized spacial score (nSPS) is 10.6. The standard InChI is InChI=1S/C13H12N2O2/c16-15-9-11-3-1-5-13(7-11)17-10-12-4-2-6-14-8-12/h1-9,16H,10H2/b15-9+. The van der Waals surface area contributed by atoms with E-state index >= 15 is 0 Å². The highest BCUT2D eigenvalue weighted by molar-refractivity contribution is 5.79. The summed E-state index contributed by atoms with van der Waals surface area (Å²) in [4.78, 5) is 4.01. The van der Waals surface area contributed by atoms with Gasteiger partial charge in [-0.1, -0.05) is 23.4 Å². The molecule has 0 fully saturated rings. The fraction of sp³-hybridized carbons (Fsp3) is 0.0769. The van der Waals surface area contributed by atoms with E-state index in [1.807, 2.05) is 30.3 Å². The quantitative estimate of drug-likeness (QED) is 0.497. The van der Waals surface area contributed by atoms with E-state index < -0.39 is 0 Å². The fourth-order valence-electron chi connectivity index (χ4n) is 1.40. The molecule has 0 atom stereocenters. The summed E-state index contributed by atoms with van der Waals surface area (Å²) < 4.78 is 5.60. The van der Waals surface area contributed by atoms with Gasteiger partial charge in [0.1, 0.15) is 12.4 Å². The van der Waals surface area contributed by atoms with Crippen LogP contribution in [0.15, 0.2) is 53.9 Å². The Morgan fingerprint density at radius 3 is 3.00 bits per heavy atom. The van der Waals surface area contributed by atoms with Crippen LogP contribution in [0.25, 0.3) is 0 Å². The first-order valence-corrected chi connectivity index (χ1v) is 5.18. The number of benzene rings is 1. The molecular weight excluding hydrogens is 216 g/mol. The maximum absolute atomic E-state index is 8.44. The van der Waals surface area contributed by atoms with Gasteiger partial charge in [-0.2, -0.15) is 0 Å². The Bertz CT molecular complexity index is 498. The largest absolute Gasteiger partial charge is 0.489 e. The molecule has 0 aliphatic rings. The van der Waals surface area contributed by atoms with Gasteiger partial charge in [0, 0.05) is 18.0 Å². The third kappa shape index (κ3) is 3.31. The van der Waals surface area contributed by atoms with E-state index in [0.29, 0.717) is 6.61 Å². The third-order valence-electron chi connectivity index (χ3n) is 2.19. The Balaban J connectivity index is 2.02. The highest BCUT2D eigenvalue weighted by Gasteiger charge is 1.97. The average Bonchev–Trinajstić information content (AvgIpc) is 2.39. The Hall–Kier alpha value is -2.36. The van der Waals surface area contributed by atoms with E-state index in [1.54, 1.807) is 18.5 Å². The molecule has 4 nitrogen and oxygen atoms in total. The highest BCUT2D eigenvalue weighted by atomic mass is 16.5. The molecule has 1 N–H and O–H groups in total. The summed E-state index contributed by atoms with van der Waals surface area (Å²) in [5, 5.41) is 11.4. The summed E-state index contributed by atoms with van der Waals surface area (Å²) in [5.74, 6) is 0.728. The van der Waals surface area contributed by atoms with Crippen LogP contribution >= 0.6 is 0 Å². The summed E-state index contributed by atoms with van der Waals surface area (Å²) in [6.07, 6.45) is 4.85. The zero-order valence-corrected chi connectivity index (χ0v) is 9.15. The lowest BCUT2D eigenvalue weighted by molar-refractivity contribution is 0.305. The molecule has 1 aromatic heterocycles. The first-order chi connectivity index (χ1) is 8.38. The third-order valence-corrected chi connectivity index (χ3v) is 2.19. The van der Waals surface area contributed by atoms with E-state index in [4.69, 9.17) is 9.94 Å². The molecule has 0 aliphatic carbocycles. The molecule has 17 heavy (non-hydrogen) atoms. The van der Waals surface area contributed by atoms with Crippen LogP contribution in [-0.4, -0.2) is 16.4 Å². The molecule has 0 radical (unpaired) electrons. The second kappa shape index (κ2) is 5.65. The zero-order chi connectivity index (χ0) is 11.9. The minimum atomic E-state index is 0.466. The number of oxime groups is 1. The SMILES string of the molecule is O/N=C/c1cccc(OCc2cccnc2)c1. The summed E-state index contributed by atoms with van der Waals surface area (Å²) in [5.41, 5.74) is 1.80. The summed E-state index contributed by atoms with van der Waals surface area (Å²) in [6.45, 7) is 0.466. The van der Waals surface area contributed by atoms with Crippen LogP contribution in [0.2, 0.25) is 0 Å². The predicted octanol–water partition coefficient (Wildman–Crippen LogP) is 2.47. The van der Waals surface area contributed by atoms with Crippen LogP contribution in [0.5, 0.6) is 5.75 Å². The van der Waals surface area contributed by atoms with Gasteiger partial charge in [-0.25, -0.2) is 0 Å². The molecule has 86 valence electrons. The lowest BCUT2D eigenvalue weighted by Crippen LogP contribution is -1.96. The monoisotopic (exact) mass is 228 g/mol. The van der Waals surface area contributed by atoms with Crippen LogP contribution in [0.3, 0.4) is 0 Å². The van der Waals surface area contributed by atoms with Crippen molar-refractivity contribution in [2.45, 2.75) is 6.61 Å². The number of hydrogen-bond donors (Lipinski definition) is 1. The number of pyridine rings is 1. The molecule has 1 aromatic carbocycles. The molecule has 0 amide bonds. The number of aromatic nitrogens is 1. The van der Waals surface area contributed by atoms with E-state index in [2.05, 4.69) is 10.1 Å². The Morgan fingerprint density at radius 1 is 1.29 bits per heavy atom. The van der Waals surface area contributed by atoms with Crippen LogP contribution in [0, 0.1) is 0 Å². The van der Waals surface area contributed by atoms with Crippen molar-refractivity contribution in [3.8, 4) is 5.75 Å². The number of ether oxygens (including phenoxy) is 1. The molecule has 0 saturated heterocycles. The van der Waals surface area contributed by atoms with Crippen molar-refractivity contribution in [1.82, 2.24) is 4.98 Å². The first-order valence-electron chi connectivity index (χ1n) is 5.18. The Morgan fingerprint density at radius 2 is 2.24 bits per heavy atom. The van der Waals surface area contributed by atoms with E-state index in [1.165, 1.54) is 6.21 Å². The minimum Gasteiger partial charge on any atom is -0.489 e. The first kappa shape index (κ1) is 11.1. The second-order valence-electron chi connectivity index (χ2n) is 3.47. The van der Waals surface area contributed by atoms with E-state index in [9.17, 15) is 0 Å². The van der Waals surface area contributed by atoms with Crippen molar-refractivity contribution in [2.75, 3.05) is 0 Å². The summed E-state index contributed by atoms with van der Waals surface area (Å²) in [6, 6.07) is 11.1. The van der Waals surface area contributed by atoms with Crippen molar-refractivity contribution >= 4 is 6.21 Å². The van der Waals surface area contributed by atoms with Gasteiger partial charge in [0.25, 0.3) is 0 Å². The molecular formula is C13H12N2O2. The fourth-order valence-corrected chi connectivity index (χ4v) is 1.40. The van der Waals surface area contributed by atoms with Gasteiger partial charge in [-0.3, -0.25) is 4.98 Å². The van der Waals surface area contributed by atoms with Gasteiger partial charge in [-0.05, 0) is 23.8 Å². The maximum atomic E-state index is 8.44. The number of nitrogens with zero attached hydrogens (tertiary/aromatic N) is 2. The lowest BCUT2D eigenvalue weighted by atomic mass is 10.2. The van der Waals surface area contributed by atoms with Crippen LogP contribution in [0.4, 0.5) is 0 Å². The second-order valence-corrected chi connectivity index (χ2v) is 3.47. The van der Waals surface area contributed by atoms with Crippen LogP contribution < -0.4 is 4.74 Å². The molecule has 0 aliphatic heterocycles. The van der Waals surface area contributed by atoms with Gasteiger partial charge >= 0.3 is 0 Å². The summed E-state index contributed by atoms with van der Waals surface area (Å²) in [7, 11) is 0. The topological polar surface area (TPSA) is 54.7 Å². The van der Waals surface area contributed by atoms with Crippen molar-refractivity contribution < 1.29 is 9.94 Å². The van der Waals surface area contributed by atoms with E-state index in [0.717, 1.165) is 16.9 Å². The van der Waals surface area contributed by atoms with Crippen molar-refractivity contribution in [1.29, 1.82) is 0 Å². The smallest absolute Gasteiger partial charge is 0.120 e. The lowest BCUT2D eigenvalue weighted by Gasteiger charge is -2.06. The minimum absolute atomic E-state index is 0.466. The Kier molecular flexibility index (Phi) is 3.70. The number of hydrogen-bond acceptors (Lipinski definition) is 4. The Labute approximate surface area is 99.2 Å². The van der Waals surface area contributed by atoms with Gasteiger partial charge in [0.2, 0.25) is 0 Å². The maximum Gasteiger partial charge on any atom is 0.120 e. The molecule has 2 rings (SSSR count).